The van der Waals surface area contributed by atoms with Crippen LogP contribution in [0, 0.1) is 0 Å². The van der Waals surface area contributed by atoms with Crippen molar-refractivity contribution in [2.24, 2.45) is 7.05 Å². The Morgan fingerprint density at radius 2 is 2.00 bits per heavy atom. The molecule has 2 aromatic heterocycles. The Bertz CT molecular complexity index is 1070. The van der Waals surface area contributed by atoms with Gasteiger partial charge in [0.15, 0.2) is 11.5 Å². The number of ether oxygens (including phenoxy) is 1. The van der Waals surface area contributed by atoms with Crippen molar-refractivity contribution in [2.75, 3.05) is 17.3 Å². The minimum absolute atomic E-state index is 0.232. The van der Waals surface area contributed by atoms with Crippen molar-refractivity contribution in [2.45, 2.75) is 13.0 Å². The van der Waals surface area contributed by atoms with Crippen LogP contribution in [0.25, 0.3) is 11.4 Å². The molecule has 11 heteroatoms. The summed E-state index contributed by atoms with van der Waals surface area (Å²) in [5.74, 6) is 0.232. The number of benzene rings is 1. The lowest BCUT2D eigenvalue weighted by atomic mass is 10.1. The average Bonchev–Trinajstić information content (AvgIpc) is 3.09. The normalized spacial score (nSPS) is 11.6. The average molecular weight is 431 g/mol. The van der Waals surface area contributed by atoms with Crippen LogP contribution in [-0.2, 0) is 11.8 Å². The number of halogens is 1. The number of pyridine rings is 1. The summed E-state index contributed by atoms with van der Waals surface area (Å²) in [6.07, 6.45) is -0.416. The number of carbonyl (C=O) groups is 2. The highest BCUT2D eigenvalue weighted by molar-refractivity contribution is 6.31. The zero-order valence-electron chi connectivity index (χ0n) is 16.4. The summed E-state index contributed by atoms with van der Waals surface area (Å²) in [4.78, 5) is 28.9. The first-order valence-electron chi connectivity index (χ1n) is 8.81. The highest BCUT2D eigenvalue weighted by Gasteiger charge is 2.31. The maximum atomic E-state index is 12.2. The van der Waals surface area contributed by atoms with Gasteiger partial charge in [-0.05, 0) is 30.7 Å². The Morgan fingerprint density at radius 3 is 2.60 bits per heavy atom. The summed E-state index contributed by atoms with van der Waals surface area (Å²) >= 11 is 6.28. The number of aromatic nitrogens is 4. The number of rotatable bonds is 5. The zero-order valence-corrected chi connectivity index (χ0v) is 17.2. The highest BCUT2D eigenvalue weighted by atomic mass is 35.5. The molecular formula is C19H19ClN6O4. The van der Waals surface area contributed by atoms with E-state index in [1.807, 2.05) is 0 Å². The first kappa shape index (κ1) is 21.1. The number of hydrogen-bond acceptors (Lipinski definition) is 6. The second kappa shape index (κ2) is 8.78. The van der Waals surface area contributed by atoms with Gasteiger partial charge in [-0.25, -0.2) is 14.3 Å². The quantitative estimate of drug-likeness (QED) is 0.628. The number of carboxylic acid groups (broad SMARTS) is 1. The third kappa shape index (κ3) is 4.18. The number of carbonyl (C=O) groups excluding carboxylic acids is 1. The Morgan fingerprint density at radius 1 is 1.27 bits per heavy atom. The van der Waals surface area contributed by atoms with Gasteiger partial charge in [0.05, 0.1) is 30.7 Å². The maximum absolute atomic E-state index is 12.2. The minimum Gasteiger partial charge on any atom is -0.465 e. The maximum Gasteiger partial charge on any atom is 0.413 e. The van der Waals surface area contributed by atoms with Crippen LogP contribution in [0.2, 0.25) is 5.02 Å². The molecule has 0 spiro atoms. The van der Waals surface area contributed by atoms with E-state index in [9.17, 15) is 14.7 Å². The van der Waals surface area contributed by atoms with Crippen molar-refractivity contribution in [3.63, 3.8) is 0 Å². The van der Waals surface area contributed by atoms with Crippen LogP contribution < -0.4 is 10.2 Å². The largest absolute Gasteiger partial charge is 0.465 e. The monoisotopic (exact) mass is 430 g/mol. The molecule has 1 atom stereocenters. The molecule has 2 N–H and O–H groups in total. The van der Waals surface area contributed by atoms with E-state index in [2.05, 4.69) is 25.3 Å². The Balaban J connectivity index is 2.02. The van der Waals surface area contributed by atoms with Crippen molar-refractivity contribution in [1.82, 2.24) is 20.0 Å². The van der Waals surface area contributed by atoms with Gasteiger partial charge in [-0.1, -0.05) is 35.0 Å². The molecule has 2 heterocycles. The number of aryl methyl sites for hydroxylation is 1. The van der Waals surface area contributed by atoms with Crippen LogP contribution >= 0.6 is 11.6 Å². The predicted molar refractivity (Wildman–Crippen MR) is 111 cm³/mol. The molecule has 0 aliphatic carbocycles. The summed E-state index contributed by atoms with van der Waals surface area (Å²) in [6, 6.07) is 9.60. The molecule has 0 aliphatic rings. The molecule has 0 saturated heterocycles. The minimum atomic E-state index is -1.20. The molecule has 0 fully saturated rings. The van der Waals surface area contributed by atoms with Gasteiger partial charge < -0.3 is 9.84 Å². The Hall–Kier alpha value is -3.66. The van der Waals surface area contributed by atoms with E-state index in [1.165, 1.54) is 18.0 Å². The van der Waals surface area contributed by atoms with E-state index in [-0.39, 0.29) is 11.5 Å². The van der Waals surface area contributed by atoms with Crippen molar-refractivity contribution in [1.29, 1.82) is 0 Å². The molecule has 3 rings (SSSR count). The Labute approximate surface area is 177 Å². The SMILES string of the molecule is COC(=O)Nc1ccc(-c2nnn(C)c2N(C(=O)O)C(C)c2ccccc2Cl)nc1. The third-order valence-corrected chi connectivity index (χ3v) is 4.76. The second-order valence-corrected chi connectivity index (χ2v) is 6.69. The smallest absolute Gasteiger partial charge is 0.413 e. The van der Waals surface area contributed by atoms with E-state index < -0.39 is 18.2 Å². The van der Waals surface area contributed by atoms with Crippen LogP contribution in [0.5, 0.6) is 0 Å². The molecule has 1 unspecified atom stereocenters. The van der Waals surface area contributed by atoms with Gasteiger partial charge in [-0.15, -0.1) is 5.10 Å². The molecule has 0 bridgehead atoms. The molecule has 2 amide bonds. The number of amides is 2. The highest BCUT2D eigenvalue weighted by Crippen LogP contribution is 2.35. The fourth-order valence-corrected chi connectivity index (χ4v) is 3.25. The zero-order chi connectivity index (χ0) is 21.8. The molecule has 1 aromatic carbocycles. The van der Waals surface area contributed by atoms with Gasteiger partial charge in [0.25, 0.3) is 0 Å². The summed E-state index contributed by atoms with van der Waals surface area (Å²) in [6.45, 7) is 1.73. The van der Waals surface area contributed by atoms with E-state index in [0.717, 1.165) is 4.90 Å². The van der Waals surface area contributed by atoms with Gasteiger partial charge in [0.2, 0.25) is 0 Å². The van der Waals surface area contributed by atoms with Gasteiger partial charge in [-0.2, -0.15) is 0 Å². The lowest BCUT2D eigenvalue weighted by Crippen LogP contribution is -2.34. The fourth-order valence-electron chi connectivity index (χ4n) is 2.96. The van der Waals surface area contributed by atoms with Crippen LogP contribution in [0.15, 0.2) is 42.6 Å². The van der Waals surface area contributed by atoms with Crippen LogP contribution in [0.4, 0.5) is 21.1 Å². The molecule has 0 aliphatic heterocycles. The van der Waals surface area contributed by atoms with E-state index in [1.54, 1.807) is 50.4 Å². The van der Waals surface area contributed by atoms with Gasteiger partial charge in [0.1, 0.15) is 0 Å². The van der Waals surface area contributed by atoms with Gasteiger partial charge in [0, 0.05) is 12.1 Å². The van der Waals surface area contributed by atoms with Crippen molar-refractivity contribution in [3.05, 3.63) is 53.2 Å². The molecule has 10 nitrogen and oxygen atoms in total. The first-order valence-corrected chi connectivity index (χ1v) is 9.19. The molecule has 0 saturated carbocycles. The summed E-state index contributed by atoms with van der Waals surface area (Å²) in [7, 11) is 2.85. The molecule has 3 aromatic rings. The fraction of sp³-hybridized carbons (Fsp3) is 0.211. The van der Waals surface area contributed by atoms with Crippen LogP contribution in [-0.4, -0.2) is 44.4 Å². The molecule has 156 valence electrons. The number of anilines is 2. The van der Waals surface area contributed by atoms with Crippen molar-refractivity contribution >= 4 is 35.3 Å². The van der Waals surface area contributed by atoms with Gasteiger partial charge in [-0.3, -0.25) is 15.2 Å². The van der Waals surface area contributed by atoms with Crippen LogP contribution in [0.1, 0.15) is 18.5 Å². The molecular weight excluding hydrogens is 412 g/mol. The lowest BCUT2D eigenvalue weighted by molar-refractivity contribution is 0.187. The topological polar surface area (TPSA) is 122 Å². The number of nitrogens with one attached hydrogen (secondary N) is 1. The number of hydrogen-bond donors (Lipinski definition) is 2. The van der Waals surface area contributed by atoms with E-state index >= 15 is 0 Å². The van der Waals surface area contributed by atoms with Crippen molar-refractivity contribution in [3.8, 4) is 11.4 Å². The standard InChI is InChI=1S/C19H19ClN6O4/c1-11(13-6-4-5-7-14(13)20)26(19(28)29)17-16(23-24-25(17)2)15-9-8-12(10-21-15)22-18(27)30-3/h4-11H,1-3H3,(H,22,27)(H,28,29). The molecule has 30 heavy (non-hydrogen) atoms. The number of nitrogens with zero attached hydrogens (tertiary/aromatic N) is 5. The third-order valence-electron chi connectivity index (χ3n) is 4.41. The van der Waals surface area contributed by atoms with Crippen LogP contribution in [0.3, 0.4) is 0 Å². The summed E-state index contributed by atoms with van der Waals surface area (Å²) < 4.78 is 5.90. The van der Waals surface area contributed by atoms with E-state index in [0.29, 0.717) is 22.0 Å². The second-order valence-electron chi connectivity index (χ2n) is 6.28. The predicted octanol–water partition coefficient (Wildman–Crippen LogP) is 3.95. The van der Waals surface area contributed by atoms with Crippen molar-refractivity contribution < 1.29 is 19.4 Å². The summed E-state index contributed by atoms with van der Waals surface area (Å²) in [5.41, 5.74) is 1.70. The first-order chi connectivity index (χ1) is 14.3. The summed E-state index contributed by atoms with van der Waals surface area (Å²) in [5, 5.41) is 21.0. The molecule has 0 radical (unpaired) electrons. The number of methoxy groups -OCH3 is 1. The Kier molecular flexibility index (Phi) is 6.17. The van der Waals surface area contributed by atoms with E-state index in [4.69, 9.17) is 11.6 Å². The lowest BCUT2D eigenvalue weighted by Gasteiger charge is -2.27. The van der Waals surface area contributed by atoms with Gasteiger partial charge >= 0.3 is 12.2 Å².